The van der Waals surface area contributed by atoms with Crippen LogP contribution < -0.4 is 15.1 Å². The van der Waals surface area contributed by atoms with Crippen LogP contribution in [0.3, 0.4) is 0 Å². The molecule has 1 aromatic carbocycles. The molecule has 1 unspecified atom stereocenters. The van der Waals surface area contributed by atoms with Gasteiger partial charge in [-0.3, -0.25) is 0 Å². The van der Waals surface area contributed by atoms with E-state index in [0.717, 1.165) is 54.3 Å². The molecular weight excluding hydrogens is 453 g/mol. The highest BCUT2D eigenvalue weighted by molar-refractivity contribution is 5.75. The zero-order valence-corrected chi connectivity index (χ0v) is 21.1. The number of halogens is 1. The van der Waals surface area contributed by atoms with E-state index in [1.54, 1.807) is 6.07 Å². The molecule has 0 bridgehead atoms. The summed E-state index contributed by atoms with van der Waals surface area (Å²) in [5.41, 5.74) is 4.20. The van der Waals surface area contributed by atoms with Crippen molar-refractivity contribution in [3.8, 4) is 17.3 Å². The standard InChI is InChI=1S/C28H32FN7/c1-19(13-14-30)9-10-24-17-20(2)31-28(33-24)32-21(3)36-16-6-15-35(4)26-12-11-25(34-27(26)36)22-7-5-8-23(29)18-22/h5,7-8,11-12,17-19H,3,6,9-10,13,15-16H2,1-2,4H3,(H,31,32,33). The van der Waals surface area contributed by atoms with Gasteiger partial charge in [-0.2, -0.15) is 5.26 Å². The first-order valence-corrected chi connectivity index (χ1v) is 12.3. The molecule has 0 spiro atoms. The van der Waals surface area contributed by atoms with Crippen LogP contribution >= 0.6 is 0 Å². The first-order valence-electron chi connectivity index (χ1n) is 12.3. The maximum atomic E-state index is 13.9. The average Bonchev–Trinajstić information content (AvgIpc) is 3.01. The summed E-state index contributed by atoms with van der Waals surface area (Å²) in [5.74, 6) is 1.90. The molecule has 7 nitrogen and oxygen atoms in total. The van der Waals surface area contributed by atoms with Gasteiger partial charge in [-0.1, -0.05) is 25.6 Å². The van der Waals surface area contributed by atoms with Gasteiger partial charge in [0.1, 0.15) is 11.6 Å². The molecule has 8 heteroatoms. The number of nitrogens with one attached hydrogen (secondary N) is 1. The lowest BCUT2D eigenvalue weighted by atomic mass is 10.0. The predicted octanol–water partition coefficient (Wildman–Crippen LogP) is 5.70. The number of aromatic nitrogens is 3. The highest BCUT2D eigenvalue weighted by Crippen LogP contribution is 2.34. The molecule has 1 atom stereocenters. The molecule has 2 aromatic heterocycles. The molecule has 0 radical (unpaired) electrons. The smallest absolute Gasteiger partial charge is 0.228 e. The summed E-state index contributed by atoms with van der Waals surface area (Å²) >= 11 is 0. The van der Waals surface area contributed by atoms with Crippen LogP contribution in [0.2, 0.25) is 0 Å². The van der Waals surface area contributed by atoms with Crippen LogP contribution in [0, 0.1) is 30.0 Å². The van der Waals surface area contributed by atoms with Crippen molar-refractivity contribution < 1.29 is 4.39 Å². The molecule has 0 fully saturated rings. The summed E-state index contributed by atoms with van der Waals surface area (Å²) in [4.78, 5) is 18.4. The van der Waals surface area contributed by atoms with Crippen molar-refractivity contribution >= 4 is 17.5 Å². The third kappa shape index (κ3) is 5.98. The van der Waals surface area contributed by atoms with Crippen molar-refractivity contribution in [2.24, 2.45) is 5.92 Å². The van der Waals surface area contributed by atoms with E-state index in [1.807, 2.05) is 43.1 Å². The van der Waals surface area contributed by atoms with Crippen molar-refractivity contribution in [3.63, 3.8) is 0 Å². The molecule has 4 rings (SSSR count). The number of nitrogens with zero attached hydrogens (tertiary/aromatic N) is 6. The van der Waals surface area contributed by atoms with Crippen molar-refractivity contribution in [1.29, 1.82) is 5.26 Å². The van der Waals surface area contributed by atoms with Gasteiger partial charge < -0.3 is 15.1 Å². The van der Waals surface area contributed by atoms with Crippen molar-refractivity contribution in [1.82, 2.24) is 15.0 Å². The van der Waals surface area contributed by atoms with E-state index in [1.165, 1.54) is 12.1 Å². The number of benzene rings is 1. The van der Waals surface area contributed by atoms with E-state index in [9.17, 15) is 4.39 Å². The monoisotopic (exact) mass is 485 g/mol. The van der Waals surface area contributed by atoms with Gasteiger partial charge in [0, 0.05) is 43.5 Å². The number of anilines is 3. The van der Waals surface area contributed by atoms with Gasteiger partial charge in [0.15, 0.2) is 5.82 Å². The van der Waals surface area contributed by atoms with Crippen LogP contribution in [0.15, 0.2) is 54.9 Å². The van der Waals surface area contributed by atoms with E-state index in [-0.39, 0.29) is 5.82 Å². The lowest BCUT2D eigenvalue weighted by Crippen LogP contribution is -2.28. The Morgan fingerprint density at radius 3 is 2.81 bits per heavy atom. The van der Waals surface area contributed by atoms with Crippen LogP contribution in [0.1, 0.15) is 37.6 Å². The molecule has 186 valence electrons. The highest BCUT2D eigenvalue weighted by atomic mass is 19.1. The Bertz CT molecular complexity index is 1280. The molecule has 0 saturated heterocycles. The second kappa shape index (κ2) is 11.2. The van der Waals surface area contributed by atoms with Gasteiger partial charge in [-0.05, 0) is 62.4 Å². The maximum absolute atomic E-state index is 13.9. The minimum absolute atomic E-state index is 0.293. The normalized spacial score (nSPS) is 14.0. The number of nitriles is 1. The Balaban J connectivity index is 1.59. The largest absolute Gasteiger partial charge is 0.372 e. The summed E-state index contributed by atoms with van der Waals surface area (Å²) in [6.07, 6.45) is 3.13. The number of rotatable bonds is 8. The molecular formula is C28H32FN7. The van der Waals surface area contributed by atoms with Crippen LogP contribution in [0.4, 0.5) is 21.8 Å². The molecule has 1 aliphatic rings. The molecule has 0 amide bonds. The minimum Gasteiger partial charge on any atom is -0.372 e. The number of hydrogen-bond donors (Lipinski definition) is 1. The topological polar surface area (TPSA) is 81.0 Å². The highest BCUT2D eigenvalue weighted by Gasteiger charge is 2.23. The second-order valence-electron chi connectivity index (χ2n) is 9.38. The summed E-state index contributed by atoms with van der Waals surface area (Å²) in [7, 11) is 2.05. The van der Waals surface area contributed by atoms with Crippen molar-refractivity contribution in [2.75, 3.05) is 35.3 Å². The third-order valence-corrected chi connectivity index (χ3v) is 6.34. The molecule has 1 N–H and O–H groups in total. The first-order chi connectivity index (χ1) is 17.3. The van der Waals surface area contributed by atoms with Crippen LogP contribution in [-0.4, -0.2) is 35.1 Å². The molecule has 3 heterocycles. The second-order valence-corrected chi connectivity index (χ2v) is 9.38. The summed E-state index contributed by atoms with van der Waals surface area (Å²) in [5, 5.41) is 12.2. The number of fused-ring (bicyclic) bond motifs is 1. The Hall–Kier alpha value is -3.99. The SMILES string of the molecule is C=C(Nc1nc(C)cc(CCC(C)CC#N)n1)N1CCCN(C)c2ccc(-c3cccc(F)c3)nc21. The van der Waals surface area contributed by atoms with Crippen LogP contribution in [-0.2, 0) is 6.42 Å². The van der Waals surface area contributed by atoms with E-state index in [2.05, 4.69) is 34.8 Å². The molecule has 1 aliphatic heterocycles. The Labute approximate surface area is 212 Å². The van der Waals surface area contributed by atoms with E-state index in [4.69, 9.17) is 15.2 Å². The zero-order valence-electron chi connectivity index (χ0n) is 21.1. The van der Waals surface area contributed by atoms with Crippen LogP contribution in [0.25, 0.3) is 11.3 Å². The Morgan fingerprint density at radius 1 is 1.19 bits per heavy atom. The maximum Gasteiger partial charge on any atom is 0.228 e. The Morgan fingerprint density at radius 2 is 2.03 bits per heavy atom. The molecule has 36 heavy (non-hydrogen) atoms. The molecule has 3 aromatic rings. The fourth-order valence-electron chi connectivity index (χ4n) is 4.37. The summed E-state index contributed by atoms with van der Waals surface area (Å²) in [6.45, 7) is 9.91. The van der Waals surface area contributed by atoms with Gasteiger partial charge >= 0.3 is 0 Å². The van der Waals surface area contributed by atoms with E-state index in [0.29, 0.717) is 36.3 Å². The van der Waals surface area contributed by atoms with Crippen LogP contribution in [0.5, 0.6) is 0 Å². The minimum atomic E-state index is -0.293. The molecule has 0 aliphatic carbocycles. The quantitative estimate of drug-likeness (QED) is 0.438. The fraction of sp³-hybridized carbons (Fsp3) is 0.357. The average molecular weight is 486 g/mol. The number of pyridine rings is 1. The van der Waals surface area contributed by atoms with Gasteiger partial charge in [-0.15, -0.1) is 0 Å². The number of hydrogen-bond acceptors (Lipinski definition) is 7. The van der Waals surface area contributed by atoms with Gasteiger partial charge in [0.2, 0.25) is 5.95 Å². The first kappa shape index (κ1) is 25.1. The van der Waals surface area contributed by atoms with Gasteiger partial charge in [-0.25, -0.2) is 19.3 Å². The third-order valence-electron chi connectivity index (χ3n) is 6.34. The number of aryl methyl sites for hydroxylation is 2. The zero-order chi connectivity index (χ0) is 25.7. The van der Waals surface area contributed by atoms with Crippen molar-refractivity contribution in [3.05, 3.63) is 72.1 Å². The summed E-state index contributed by atoms with van der Waals surface area (Å²) < 4.78 is 13.9. The van der Waals surface area contributed by atoms with Crippen molar-refractivity contribution in [2.45, 2.75) is 39.5 Å². The summed E-state index contributed by atoms with van der Waals surface area (Å²) in [6, 6.07) is 14.6. The van der Waals surface area contributed by atoms with E-state index < -0.39 is 0 Å². The lowest BCUT2D eigenvalue weighted by Gasteiger charge is -2.27. The fourth-order valence-corrected chi connectivity index (χ4v) is 4.37. The van der Waals surface area contributed by atoms with E-state index >= 15 is 0 Å². The molecule has 0 saturated carbocycles. The lowest BCUT2D eigenvalue weighted by molar-refractivity contribution is 0.541. The predicted molar refractivity (Wildman–Crippen MR) is 142 cm³/mol. The van der Waals surface area contributed by atoms with Gasteiger partial charge in [0.05, 0.1) is 17.5 Å². The van der Waals surface area contributed by atoms with Gasteiger partial charge in [0.25, 0.3) is 0 Å². The Kier molecular flexibility index (Phi) is 7.79.